The molecular formula is C12H16N2O2. The van der Waals surface area contributed by atoms with Gasteiger partial charge in [-0.3, -0.25) is 0 Å². The minimum absolute atomic E-state index is 0.0871. The lowest BCUT2D eigenvalue weighted by Gasteiger charge is -2.12. The van der Waals surface area contributed by atoms with Crippen LogP contribution in [0, 0.1) is 11.8 Å². The van der Waals surface area contributed by atoms with Crippen molar-refractivity contribution in [3.63, 3.8) is 0 Å². The van der Waals surface area contributed by atoms with Crippen molar-refractivity contribution in [3.8, 4) is 0 Å². The number of aromatic carboxylic acids is 1. The molecule has 0 spiro atoms. The number of aromatic nitrogens is 1. The predicted octanol–water partition coefficient (Wildman–Crippen LogP) is 2.24. The van der Waals surface area contributed by atoms with Gasteiger partial charge in [-0.05, 0) is 36.8 Å². The average Bonchev–Trinajstić information content (AvgIpc) is 3.10. The van der Waals surface area contributed by atoms with Gasteiger partial charge < -0.3 is 10.4 Å². The van der Waals surface area contributed by atoms with E-state index >= 15 is 0 Å². The predicted molar refractivity (Wildman–Crippen MR) is 61.6 cm³/mol. The van der Waals surface area contributed by atoms with E-state index in [0.717, 1.165) is 18.2 Å². The zero-order valence-corrected chi connectivity index (χ0v) is 9.31. The van der Waals surface area contributed by atoms with Gasteiger partial charge in [-0.25, -0.2) is 9.78 Å². The van der Waals surface area contributed by atoms with Crippen LogP contribution in [-0.2, 0) is 0 Å². The van der Waals surface area contributed by atoms with Gasteiger partial charge in [0.1, 0.15) is 5.69 Å². The Kier molecular flexibility index (Phi) is 3.08. The number of carboxylic acid groups (broad SMARTS) is 1. The third kappa shape index (κ3) is 2.72. The van der Waals surface area contributed by atoms with Crippen LogP contribution in [0.2, 0.25) is 0 Å². The Bertz CT molecular complexity index is 388. The fourth-order valence-electron chi connectivity index (χ4n) is 1.77. The average molecular weight is 220 g/mol. The number of hydrogen-bond donors (Lipinski definition) is 2. The Hall–Kier alpha value is -1.58. The molecule has 1 unspecified atom stereocenters. The molecule has 0 amide bonds. The molecular weight excluding hydrogens is 204 g/mol. The molecule has 0 aliphatic heterocycles. The van der Waals surface area contributed by atoms with Crippen LogP contribution in [0.3, 0.4) is 0 Å². The van der Waals surface area contributed by atoms with Crippen molar-refractivity contribution < 1.29 is 9.90 Å². The highest BCUT2D eigenvalue weighted by Gasteiger charge is 2.27. The van der Waals surface area contributed by atoms with Gasteiger partial charge in [-0.2, -0.15) is 0 Å². The first-order valence-corrected chi connectivity index (χ1v) is 5.60. The van der Waals surface area contributed by atoms with E-state index in [1.807, 2.05) is 0 Å². The summed E-state index contributed by atoms with van der Waals surface area (Å²) in [5.41, 5.74) is 0.920. The summed E-state index contributed by atoms with van der Waals surface area (Å²) in [6.45, 7) is 3.12. The van der Waals surface area contributed by atoms with E-state index < -0.39 is 5.97 Å². The second-order valence-electron chi connectivity index (χ2n) is 4.43. The van der Waals surface area contributed by atoms with Crippen LogP contribution in [0.4, 0.5) is 5.69 Å². The van der Waals surface area contributed by atoms with Crippen LogP contribution >= 0.6 is 0 Å². The van der Waals surface area contributed by atoms with Crippen LogP contribution in [0.5, 0.6) is 0 Å². The van der Waals surface area contributed by atoms with Crippen molar-refractivity contribution in [2.45, 2.75) is 19.8 Å². The molecule has 2 rings (SSSR count). The van der Waals surface area contributed by atoms with Crippen molar-refractivity contribution >= 4 is 11.7 Å². The van der Waals surface area contributed by atoms with Crippen LogP contribution in [0.1, 0.15) is 30.3 Å². The number of hydrogen-bond acceptors (Lipinski definition) is 3. The zero-order chi connectivity index (χ0) is 11.5. The highest BCUT2D eigenvalue weighted by molar-refractivity contribution is 5.86. The zero-order valence-electron chi connectivity index (χ0n) is 9.31. The fraction of sp³-hybridized carbons (Fsp3) is 0.500. The normalized spacial score (nSPS) is 16.8. The largest absolute Gasteiger partial charge is 0.477 e. The lowest BCUT2D eigenvalue weighted by Crippen LogP contribution is -2.13. The number of nitrogens with one attached hydrogen (secondary N) is 1. The SMILES string of the molecule is CC(CNc1ccnc(C(=O)O)c1)C1CC1. The van der Waals surface area contributed by atoms with Crippen molar-refractivity contribution in [1.82, 2.24) is 4.98 Å². The van der Waals surface area contributed by atoms with Gasteiger partial charge >= 0.3 is 5.97 Å². The Labute approximate surface area is 94.7 Å². The molecule has 1 saturated carbocycles. The Morgan fingerprint density at radius 3 is 3.06 bits per heavy atom. The molecule has 0 aromatic carbocycles. The van der Waals surface area contributed by atoms with Crippen molar-refractivity contribution in [2.24, 2.45) is 11.8 Å². The molecule has 86 valence electrons. The fourth-order valence-corrected chi connectivity index (χ4v) is 1.77. The van der Waals surface area contributed by atoms with E-state index in [2.05, 4.69) is 17.2 Å². The van der Waals surface area contributed by atoms with Crippen LogP contribution in [0.15, 0.2) is 18.3 Å². The van der Waals surface area contributed by atoms with Gasteiger partial charge in [-0.1, -0.05) is 6.92 Å². The third-order valence-corrected chi connectivity index (χ3v) is 3.03. The molecule has 1 aromatic heterocycles. The lowest BCUT2D eigenvalue weighted by molar-refractivity contribution is 0.0690. The summed E-state index contributed by atoms with van der Waals surface area (Å²) in [5.74, 6) is 0.522. The molecule has 1 aromatic rings. The molecule has 1 heterocycles. The second kappa shape index (κ2) is 4.51. The lowest BCUT2D eigenvalue weighted by atomic mass is 10.1. The first-order chi connectivity index (χ1) is 7.66. The number of carboxylic acids is 1. The highest BCUT2D eigenvalue weighted by atomic mass is 16.4. The molecule has 1 aliphatic rings. The number of rotatable bonds is 5. The van der Waals surface area contributed by atoms with Crippen molar-refractivity contribution in [1.29, 1.82) is 0 Å². The minimum atomic E-state index is -0.987. The summed E-state index contributed by atoms with van der Waals surface area (Å²) in [7, 11) is 0. The van der Waals surface area contributed by atoms with E-state index in [4.69, 9.17) is 5.11 Å². The van der Waals surface area contributed by atoms with Gasteiger partial charge in [0.05, 0.1) is 0 Å². The third-order valence-electron chi connectivity index (χ3n) is 3.03. The Morgan fingerprint density at radius 2 is 2.44 bits per heavy atom. The summed E-state index contributed by atoms with van der Waals surface area (Å²) in [4.78, 5) is 14.5. The number of nitrogens with zero attached hydrogens (tertiary/aromatic N) is 1. The van der Waals surface area contributed by atoms with Crippen LogP contribution in [0.25, 0.3) is 0 Å². The molecule has 1 fully saturated rings. The van der Waals surface area contributed by atoms with Gasteiger partial charge in [0.15, 0.2) is 0 Å². The minimum Gasteiger partial charge on any atom is -0.477 e. The highest BCUT2D eigenvalue weighted by Crippen LogP contribution is 2.36. The molecule has 0 radical (unpaired) electrons. The summed E-state index contributed by atoms with van der Waals surface area (Å²) in [6.07, 6.45) is 4.19. The second-order valence-corrected chi connectivity index (χ2v) is 4.43. The summed E-state index contributed by atoms with van der Waals surface area (Å²) < 4.78 is 0. The standard InChI is InChI=1S/C12H16N2O2/c1-8(9-2-3-9)7-14-10-4-5-13-11(6-10)12(15)16/h4-6,8-9H,2-3,7H2,1H3,(H,13,14)(H,15,16). The molecule has 2 N–H and O–H groups in total. The molecule has 4 nitrogen and oxygen atoms in total. The summed E-state index contributed by atoms with van der Waals surface area (Å²) in [5, 5.41) is 12.1. The van der Waals surface area contributed by atoms with E-state index in [-0.39, 0.29) is 5.69 Å². The van der Waals surface area contributed by atoms with Gasteiger partial charge in [0, 0.05) is 18.4 Å². The molecule has 1 atom stereocenters. The maximum atomic E-state index is 10.7. The van der Waals surface area contributed by atoms with Crippen molar-refractivity contribution in [3.05, 3.63) is 24.0 Å². The van der Waals surface area contributed by atoms with Crippen molar-refractivity contribution in [2.75, 3.05) is 11.9 Å². The van der Waals surface area contributed by atoms with E-state index in [9.17, 15) is 4.79 Å². The Balaban J connectivity index is 1.92. The molecule has 1 aliphatic carbocycles. The number of carbonyl (C=O) groups is 1. The molecule has 0 saturated heterocycles. The van der Waals surface area contributed by atoms with Crippen LogP contribution in [-0.4, -0.2) is 22.6 Å². The summed E-state index contributed by atoms with van der Waals surface area (Å²) >= 11 is 0. The number of anilines is 1. The topological polar surface area (TPSA) is 62.2 Å². The Morgan fingerprint density at radius 1 is 1.69 bits per heavy atom. The maximum absolute atomic E-state index is 10.7. The summed E-state index contributed by atoms with van der Waals surface area (Å²) in [6, 6.07) is 3.37. The van der Waals surface area contributed by atoms with Gasteiger partial charge in [0.2, 0.25) is 0 Å². The first-order valence-electron chi connectivity index (χ1n) is 5.60. The van der Waals surface area contributed by atoms with E-state index in [1.165, 1.54) is 19.0 Å². The first kappa shape index (κ1) is 10.9. The van der Waals surface area contributed by atoms with E-state index in [1.54, 1.807) is 12.1 Å². The van der Waals surface area contributed by atoms with Gasteiger partial charge in [-0.15, -0.1) is 0 Å². The smallest absolute Gasteiger partial charge is 0.354 e. The number of pyridine rings is 1. The monoisotopic (exact) mass is 220 g/mol. The molecule has 4 heteroatoms. The molecule has 16 heavy (non-hydrogen) atoms. The van der Waals surface area contributed by atoms with E-state index in [0.29, 0.717) is 5.92 Å². The van der Waals surface area contributed by atoms with Gasteiger partial charge in [0.25, 0.3) is 0 Å². The quantitative estimate of drug-likeness (QED) is 0.798. The molecule has 0 bridgehead atoms. The maximum Gasteiger partial charge on any atom is 0.354 e. The van der Waals surface area contributed by atoms with Crippen LogP contribution < -0.4 is 5.32 Å².